The number of rotatable bonds is 10. The lowest BCUT2D eigenvalue weighted by molar-refractivity contribution is -0.127. The van der Waals surface area contributed by atoms with Crippen LogP contribution in [0, 0.1) is 0 Å². The van der Waals surface area contributed by atoms with Crippen molar-refractivity contribution in [3.05, 3.63) is 101 Å². The Hall–Kier alpha value is -4.61. The molecule has 1 aliphatic rings. The predicted molar refractivity (Wildman–Crippen MR) is 181 cm³/mol. The lowest BCUT2D eigenvalue weighted by Gasteiger charge is -2.30. The van der Waals surface area contributed by atoms with E-state index in [9.17, 15) is 14.4 Å². The number of amides is 1. The highest BCUT2D eigenvalue weighted by Gasteiger charge is 2.36. The largest absolute Gasteiger partial charge is 0.497 e. The van der Waals surface area contributed by atoms with Gasteiger partial charge in [0.05, 0.1) is 41.7 Å². The zero-order chi connectivity index (χ0) is 34.0. The van der Waals surface area contributed by atoms with Crippen LogP contribution in [-0.4, -0.2) is 54.8 Å². The molecule has 1 atom stereocenters. The maximum atomic E-state index is 14.2. The standard InChI is InChI=1S/C35H36ClN3O7S/c1-8-38(9-2)33(41)30-20(5)37-35-39(31(30)26-17-22(43-6)11-14-27(26)44-7)32(40)29(47-35)18-23-12-15-28(46-23)25-16-21(36)10-13-24(25)34(42)45-19(3)4/h10-19,31H,8-9H2,1-7H3/b29-18-/t31-/m0/s1. The number of aromatic nitrogens is 1. The summed E-state index contributed by atoms with van der Waals surface area (Å²) in [7, 11) is 3.09. The molecule has 0 saturated carbocycles. The number of halogens is 1. The Labute approximate surface area is 281 Å². The monoisotopic (exact) mass is 677 g/mol. The number of hydrogen-bond donors (Lipinski definition) is 0. The van der Waals surface area contributed by atoms with Crippen LogP contribution in [0.2, 0.25) is 5.02 Å². The van der Waals surface area contributed by atoms with Crippen LogP contribution in [0.4, 0.5) is 0 Å². The summed E-state index contributed by atoms with van der Waals surface area (Å²) in [5.41, 5.74) is 1.88. The van der Waals surface area contributed by atoms with Gasteiger partial charge in [-0.05, 0) is 83.1 Å². The van der Waals surface area contributed by atoms with Gasteiger partial charge in [0.2, 0.25) is 0 Å². The summed E-state index contributed by atoms with van der Waals surface area (Å²) < 4.78 is 24.6. The number of hydrogen-bond acceptors (Lipinski definition) is 9. The summed E-state index contributed by atoms with van der Waals surface area (Å²) in [6.07, 6.45) is 1.31. The van der Waals surface area contributed by atoms with Crippen molar-refractivity contribution >= 4 is 40.9 Å². The summed E-state index contributed by atoms with van der Waals surface area (Å²) in [5, 5.41) is 0.422. The fourth-order valence-corrected chi connectivity index (χ4v) is 6.70. The van der Waals surface area contributed by atoms with Crippen molar-refractivity contribution < 1.29 is 28.2 Å². The SMILES string of the molecule is CCN(CC)C(=O)C1=C(C)N=c2s/c(=C\c3ccc(-c4cc(Cl)ccc4C(=O)OC(C)C)o3)c(=O)n2[C@H]1c1cc(OC)ccc1OC. The lowest BCUT2D eigenvalue weighted by atomic mass is 9.93. The number of fused-ring (bicyclic) bond motifs is 1. The van der Waals surface area contributed by atoms with Crippen LogP contribution in [0.25, 0.3) is 17.4 Å². The third kappa shape index (κ3) is 6.63. The van der Waals surface area contributed by atoms with Crippen LogP contribution in [-0.2, 0) is 9.53 Å². The first-order valence-electron chi connectivity index (χ1n) is 15.2. The molecule has 246 valence electrons. The fraction of sp³-hybridized carbons (Fsp3) is 0.314. The Kier molecular flexibility index (Phi) is 10.1. The maximum absolute atomic E-state index is 14.2. The van der Waals surface area contributed by atoms with Crippen molar-refractivity contribution in [3.63, 3.8) is 0 Å². The number of nitrogens with zero attached hydrogens (tertiary/aromatic N) is 3. The second kappa shape index (κ2) is 14.0. The van der Waals surface area contributed by atoms with Crippen LogP contribution in [0.1, 0.15) is 62.3 Å². The van der Waals surface area contributed by atoms with Crippen LogP contribution < -0.4 is 24.4 Å². The molecule has 0 spiro atoms. The normalized spacial score (nSPS) is 14.6. The highest BCUT2D eigenvalue weighted by atomic mass is 35.5. The molecule has 0 fully saturated rings. The highest BCUT2D eigenvalue weighted by molar-refractivity contribution is 7.07. The number of thiazole rings is 1. The van der Waals surface area contributed by atoms with Crippen LogP contribution in [0.5, 0.6) is 11.5 Å². The number of allylic oxidation sites excluding steroid dienone is 1. The van der Waals surface area contributed by atoms with E-state index in [1.54, 1.807) is 94.5 Å². The number of methoxy groups -OCH3 is 2. The van der Waals surface area contributed by atoms with Gasteiger partial charge in [-0.25, -0.2) is 9.79 Å². The smallest absolute Gasteiger partial charge is 0.339 e. The van der Waals surface area contributed by atoms with Crippen LogP contribution in [0.3, 0.4) is 0 Å². The molecule has 47 heavy (non-hydrogen) atoms. The molecular formula is C35H36ClN3O7S. The molecule has 3 heterocycles. The topological polar surface area (TPSA) is 113 Å². The van der Waals surface area contributed by atoms with E-state index in [4.69, 9.17) is 35.2 Å². The molecule has 0 radical (unpaired) electrons. The zero-order valence-electron chi connectivity index (χ0n) is 27.3. The summed E-state index contributed by atoms with van der Waals surface area (Å²) in [6, 6.07) is 12.7. The van der Waals surface area contributed by atoms with Crippen molar-refractivity contribution in [2.24, 2.45) is 4.99 Å². The Balaban J connectivity index is 1.67. The number of carbonyl (C=O) groups excluding carboxylic acids is 2. The number of furan rings is 1. The Morgan fingerprint density at radius 3 is 2.49 bits per heavy atom. The molecule has 0 aliphatic carbocycles. The summed E-state index contributed by atoms with van der Waals surface area (Å²) >= 11 is 7.46. The Morgan fingerprint density at radius 1 is 1.09 bits per heavy atom. The van der Waals surface area contributed by atoms with Crippen LogP contribution in [0.15, 0.2) is 74.0 Å². The van der Waals surface area contributed by atoms with Crippen molar-refractivity contribution in [1.29, 1.82) is 0 Å². The van der Waals surface area contributed by atoms with Gasteiger partial charge in [-0.3, -0.25) is 14.2 Å². The predicted octanol–water partition coefficient (Wildman–Crippen LogP) is 5.60. The molecule has 2 aromatic carbocycles. The minimum atomic E-state index is -0.834. The van der Waals surface area contributed by atoms with Crippen molar-refractivity contribution in [2.75, 3.05) is 27.3 Å². The average molecular weight is 678 g/mol. The minimum Gasteiger partial charge on any atom is -0.497 e. The van der Waals surface area contributed by atoms with E-state index in [1.807, 2.05) is 13.8 Å². The molecule has 0 saturated heterocycles. The van der Waals surface area contributed by atoms with Gasteiger partial charge in [-0.15, -0.1) is 0 Å². The van der Waals surface area contributed by atoms with Crippen molar-refractivity contribution in [3.8, 4) is 22.8 Å². The maximum Gasteiger partial charge on any atom is 0.339 e. The molecule has 0 unspecified atom stereocenters. The van der Waals surface area contributed by atoms with Crippen molar-refractivity contribution in [1.82, 2.24) is 9.47 Å². The van der Waals surface area contributed by atoms with Crippen molar-refractivity contribution in [2.45, 2.75) is 46.8 Å². The second-order valence-electron chi connectivity index (χ2n) is 11.0. The average Bonchev–Trinajstić information content (AvgIpc) is 3.63. The number of esters is 1. The first-order valence-corrected chi connectivity index (χ1v) is 16.3. The molecule has 12 heteroatoms. The Bertz CT molecular complexity index is 2050. The van der Waals surface area contributed by atoms with Crippen LogP contribution >= 0.6 is 22.9 Å². The van der Waals surface area contributed by atoms with Gasteiger partial charge in [0.1, 0.15) is 29.1 Å². The third-order valence-electron chi connectivity index (χ3n) is 7.74. The molecule has 2 aromatic heterocycles. The second-order valence-corrected chi connectivity index (χ2v) is 12.5. The van der Waals surface area contributed by atoms with E-state index < -0.39 is 12.0 Å². The highest BCUT2D eigenvalue weighted by Crippen LogP contribution is 2.38. The van der Waals surface area contributed by atoms with E-state index in [0.29, 0.717) is 78.4 Å². The lowest BCUT2D eigenvalue weighted by Crippen LogP contribution is -2.43. The number of likely N-dealkylation sites (N-methyl/N-ethyl adjacent to an activating group) is 1. The van der Waals surface area contributed by atoms with Gasteiger partial charge in [0, 0.05) is 35.3 Å². The molecular weight excluding hydrogens is 642 g/mol. The van der Waals surface area contributed by atoms with Gasteiger partial charge < -0.3 is 23.5 Å². The number of benzene rings is 2. The van der Waals surface area contributed by atoms with E-state index in [-0.39, 0.29) is 17.6 Å². The Morgan fingerprint density at radius 2 is 1.83 bits per heavy atom. The molecule has 1 aliphatic heterocycles. The molecule has 0 N–H and O–H groups in total. The molecule has 1 amide bonds. The van der Waals surface area contributed by atoms with Gasteiger partial charge >= 0.3 is 5.97 Å². The first kappa shape index (κ1) is 33.7. The molecule has 5 rings (SSSR count). The van der Waals surface area contributed by atoms with Gasteiger partial charge in [-0.1, -0.05) is 22.9 Å². The fourth-order valence-electron chi connectivity index (χ4n) is 5.50. The van der Waals surface area contributed by atoms with Gasteiger partial charge in [0.25, 0.3) is 11.5 Å². The minimum absolute atomic E-state index is 0.218. The molecule has 0 bridgehead atoms. The number of carbonyl (C=O) groups is 2. The molecule has 4 aromatic rings. The van der Waals surface area contributed by atoms with E-state index >= 15 is 0 Å². The molecule has 10 nitrogen and oxygen atoms in total. The summed E-state index contributed by atoms with van der Waals surface area (Å²) in [5.74, 6) is 1.07. The summed E-state index contributed by atoms with van der Waals surface area (Å²) in [4.78, 5) is 47.9. The van der Waals surface area contributed by atoms with E-state index in [1.165, 1.54) is 15.9 Å². The van der Waals surface area contributed by atoms with Gasteiger partial charge in [0.15, 0.2) is 4.80 Å². The van der Waals surface area contributed by atoms with Gasteiger partial charge in [-0.2, -0.15) is 0 Å². The first-order chi connectivity index (χ1) is 22.5. The quantitative estimate of drug-likeness (QED) is 0.201. The third-order valence-corrected chi connectivity index (χ3v) is 8.96. The van der Waals surface area contributed by atoms with E-state index in [0.717, 1.165) is 0 Å². The number of ether oxygens (including phenoxy) is 3. The zero-order valence-corrected chi connectivity index (χ0v) is 28.8. The summed E-state index contributed by atoms with van der Waals surface area (Å²) in [6.45, 7) is 10.1. The van der Waals surface area contributed by atoms with E-state index in [2.05, 4.69) is 0 Å².